The Morgan fingerprint density at radius 1 is 1.18 bits per heavy atom. The van der Waals surface area contributed by atoms with Gasteiger partial charge in [-0.3, -0.25) is 14.9 Å². The summed E-state index contributed by atoms with van der Waals surface area (Å²) in [4.78, 5) is 24.4. The number of hydrogen-bond acceptors (Lipinski definition) is 5. The van der Waals surface area contributed by atoms with E-state index in [1.165, 1.54) is 29.5 Å². The second kappa shape index (κ2) is 8.29. The fourth-order valence-electron chi connectivity index (χ4n) is 2.48. The zero-order valence-electron chi connectivity index (χ0n) is 14.9. The van der Waals surface area contributed by atoms with Gasteiger partial charge in [-0.15, -0.1) is 11.3 Å². The van der Waals surface area contributed by atoms with Crippen molar-refractivity contribution >= 4 is 34.7 Å². The Balaban J connectivity index is 1.81. The normalized spacial score (nSPS) is 10.9. The molecule has 0 aliphatic carbocycles. The quantitative estimate of drug-likeness (QED) is 0.281. The third-order valence-corrected chi connectivity index (χ3v) is 5.01. The van der Waals surface area contributed by atoms with Crippen LogP contribution in [-0.4, -0.2) is 10.8 Å². The Morgan fingerprint density at radius 3 is 2.61 bits per heavy atom. The molecule has 0 bridgehead atoms. The zero-order chi connectivity index (χ0) is 20.1. The molecule has 0 atom stereocenters. The highest BCUT2D eigenvalue weighted by atomic mass is 32.1. The van der Waals surface area contributed by atoms with Crippen molar-refractivity contribution in [1.29, 1.82) is 5.26 Å². The molecule has 1 aromatic heterocycles. The van der Waals surface area contributed by atoms with Crippen molar-refractivity contribution in [3.05, 3.63) is 86.8 Å². The number of nitro benzene ring substituents is 1. The molecule has 1 N–H and O–H groups in total. The number of thiophene rings is 1. The Kier molecular flexibility index (Phi) is 5.63. The van der Waals surface area contributed by atoms with E-state index in [0.29, 0.717) is 16.1 Å². The number of benzene rings is 2. The maximum atomic E-state index is 12.4. The number of anilines is 1. The molecular weight excluding hydrogens is 374 g/mol. The van der Waals surface area contributed by atoms with Crippen LogP contribution in [0, 0.1) is 28.4 Å². The highest BCUT2D eigenvalue weighted by Crippen LogP contribution is 2.31. The Labute approximate surface area is 165 Å². The average Bonchev–Trinajstić information content (AvgIpc) is 3.16. The van der Waals surface area contributed by atoms with Gasteiger partial charge in [0.2, 0.25) is 0 Å². The van der Waals surface area contributed by atoms with Crippen molar-refractivity contribution in [2.24, 2.45) is 0 Å². The molecule has 1 heterocycles. The van der Waals surface area contributed by atoms with Crippen molar-refractivity contribution in [3.63, 3.8) is 0 Å². The lowest BCUT2D eigenvalue weighted by molar-refractivity contribution is -0.384. The van der Waals surface area contributed by atoms with Crippen molar-refractivity contribution in [1.82, 2.24) is 0 Å². The molecule has 3 aromatic rings. The molecule has 0 aliphatic rings. The lowest BCUT2D eigenvalue weighted by Crippen LogP contribution is -2.13. The van der Waals surface area contributed by atoms with Gasteiger partial charge in [0.1, 0.15) is 11.6 Å². The minimum absolute atomic E-state index is 0.0122. The van der Waals surface area contributed by atoms with Crippen LogP contribution < -0.4 is 5.32 Å². The standard InChI is InChI=1S/C21H15N3O3S/c1-14-5-7-17(8-6-14)23-21(25)16(13-22)12-19-9-10-20(28-19)15-3-2-4-18(11-15)24(26)27/h2-12H,1H3,(H,23,25)/b16-12+. The fraction of sp³-hybridized carbons (Fsp3) is 0.0476. The minimum atomic E-state index is -0.489. The number of nitrogens with one attached hydrogen (secondary N) is 1. The SMILES string of the molecule is Cc1ccc(NC(=O)/C(C#N)=C/c2ccc(-c3cccc([N+](=O)[O-])c3)s2)cc1. The van der Waals surface area contributed by atoms with Crippen LogP contribution in [0.15, 0.2) is 66.2 Å². The number of nitrogens with zero attached hydrogens (tertiary/aromatic N) is 2. The van der Waals surface area contributed by atoms with E-state index in [9.17, 15) is 20.2 Å². The topological polar surface area (TPSA) is 96.0 Å². The summed E-state index contributed by atoms with van der Waals surface area (Å²) >= 11 is 1.35. The molecule has 0 fully saturated rings. The molecule has 138 valence electrons. The third-order valence-electron chi connectivity index (χ3n) is 3.93. The highest BCUT2D eigenvalue weighted by molar-refractivity contribution is 7.16. The first-order valence-corrected chi connectivity index (χ1v) is 9.12. The average molecular weight is 389 g/mol. The molecule has 0 aliphatic heterocycles. The maximum absolute atomic E-state index is 12.4. The summed E-state index contributed by atoms with van der Waals surface area (Å²) in [6.07, 6.45) is 1.51. The molecule has 0 saturated heterocycles. The van der Waals surface area contributed by atoms with E-state index < -0.39 is 10.8 Å². The number of carbonyl (C=O) groups excluding carboxylic acids is 1. The van der Waals surface area contributed by atoms with E-state index in [-0.39, 0.29) is 11.3 Å². The summed E-state index contributed by atoms with van der Waals surface area (Å²) in [5.41, 5.74) is 2.38. The van der Waals surface area contributed by atoms with Crippen LogP contribution in [0.25, 0.3) is 16.5 Å². The van der Waals surface area contributed by atoms with Gasteiger partial charge >= 0.3 is 0 Å². The molecule has 1 amide bonds. The van der Waals surface area contributed by atoms with Gasteiger partial charge in [0.25, 0.3) is 11.6 Å². The fourth-order valence-corrected chi connectivity index (χ4v) is 3.43. The summed E-state index contributed by atoms with van der Waals surface area (Å²) in [5.74, 6) is -0.489. The van der Waals surface area contributed by atoms with E-state index in [1.807, 2.05) is 31.2 Å². The van der Waals surface area contributed by atoms with Gasteiger partial charge < -0.3 is 5.32 Å². The number of nitro groups is 1. The lowest BCUT2D eigenvalue weighted by atomic mass is 10.1. The Bertz CT molecular complexity index is 1110. The van der Waals surface area contributed by atoms with Crippen molar-refractivity contribution in [2.75, 3.05) is 5.32 Å². The van der Waals surface area contributed by atoms with Crippen molar-refractivity contribution in [2.45, 2.75) is 6.92 Å². The molecule has 3 rings (SSSR count). The molecule has 0 unspecified atom stereocenters. The molecule has 7 heteroatoms. The second-order valence-corrected chi connectivity index (χ2v) is 7.11. The molecule has 28 heavy (non-hydrogen) atoms. The number of carbonyl (C=O) groups is 1. The molecule has 0 radical (unpaired) electrons. The van der Waals surface area contributed by atoms with Gasteiger partial charge in [0, 0.05) is 27.6 Å². The smallest absolute Gasteiger partial charge is 0.270 e. The van der Waals surface area contributed by atoms with Crippen LogP contribution in [0.2, 0.25) is 0 Å². The first-order valence-electron chi connectivity index (χ1n) is 8.31. The van der Waals surface area contributed by atoms with E-state index >= 15 is 0 Å². The zero-order valence-corrected chi connectivity index (χ0v) is 15.7. The van der Waals surface area contributed by atoms with Gasteiger partial charge in [0.05, 0.1) is 4.92 Å². The van der Waals surface area contributed by atoms with Crippen LogP contribution in [0.4, 0.5) is 11.4 Å². The lowest BCUT2D eigenvalue weighted by Gasteiger charge is -2.04. The van der Waals surface area contributed by atoms with Crippen molar-refractivity contribution in [3.8, 4) is 16.5 Å². The van der Waals surface area contributed by atoms with E-state index in [2.05, 4.69) is 5.32 Å². The molecule has 0 spiro atoms. The van der Waals surface area contributed by atoms with E-state index in [4.69, 9.17) is 0 Å². The summed E-state index contributed by atoms with van der Waals surface area (Å²) in [6, 6.07) is 19.1. The number of non-ortho nitro benzene ring substituents is 1. The number of aryl methyl sites for hydroxylation is 1. The first-order chi connectivity index (χ1) is 13.5. The van der Waals surface area contributed by atoms with Gasteiger partial charge in [-0.05, 0) is 42.8 Å². The number of nitriles is 1. The van der Waals surface area contributed by atoms with Crippen LogP contribution in [0.5, 0.6) is 0 Å². The second-order valence-electron chi connectivity index (χ2n) is 6.00. The number of amides is 1. The van der Waals surface area contributed by atoms with Crippen molar-refractivity contribution < 1.29 is 9.72 Å². The molecular formula is C21H15N3O3S. The summed E-state index contributed by atoms with van der Waals surface area (Å²) < 4.78 is 0. The predicted octanol–water partition coefficient (Wildman–Crippen LogP) is 5.18. The van der Waals surface area contributed by atoms with Crippen LogP contribution >= 0.6 is 11.3 Å². The van der Waals surface area contributed by atoms with Crippen LogP contribution in [-0.2, 0) is 4.79 Å². The summed E-state index contributed by atoms with van der Waals surface area (Å²) in [7, 11) is 0. The Hall–Kier alpha value is -3.76. The highest BCUT2D eigenvalue weighted by Gasteiger charge is 2.12. The number of hydrogen-bond donors (Lipinski definition) is 1. The predicted molar refractivity (Wildman–Crippen MR) is 110 cm³/mol. The van der Waals surface area contributed by atoms with E-state index in [1.54, 1.807) is 30.3 Å². The van der Waals surface area contributed by atoms with Gasteiger partial charge in [-0.25, -0.2) is 0 Å². The first kappa shape index (κ1) is 19.0. The van der Waals surface area contributed by atoms with Gasteiger partial charge in [-0.1, -0.05) is 29.8 Å². The maximum Gasteiger partial charge on any atom is 0.270 e. The Morgan fingerprint density at radius 2 is 1.93 bits per heavy atom. The summed E-state index contributed by atoms with van der Waals surface area (Å²) in [6.45, 7) is 1.95. The van der Waals surface area contributed by atoms with E-state index in [0.717, 1.165) is 10.4 Å². The minimum Gasteiger partial charge on any atom is -0.321 e. The van der Waals surface area contributed by atoms with Gasteiger partial charge in [0.15, 0.2) is 0 Å². The number of rotatable bonds is 5. The molecule has 2 aromatic carbocycles. The van der Waals surface area contributed by atoms with Gasteiger partial charge in [-0.2, -0.15) is 5.26 Å². The molecule has 0 saturated carbocycles. The van der Waals surface area contributed by atoms with Crippen LogP contribution in [0.3, 0.4) is 0 Å². The monoisotopic (exact) mass is 389 g/mol. The summed E-state index contributed by atoms with van der Waals surface area (Å²) in [5, 5.41) is 23.0. The molecule has 6 nitrogen and oxygen atoms in total. The largest absolute Gasteiger partial charge is 0.321 e. The third kappa shape index (κ3) is 4.50. The van der Waals surface area contributed by atoms with Crippen LogP contribution in [0.1, 0.15) is 10.4 Å².